The first-order valence-electron chi connectivity index (χ1n) is 10.3. The minimum atomic E-state index is -1.03. The zero-order chi connectivity index (χ0) is 22.9. The number of aliphatic carboxylic acids is 1. The van der Waals surface area contributed by atoms with Gasteiger partial charge in [0, 0.05) is 5.56 Å². The van der Waals surface area contributed by atoms with E-state index < -0.39 is 17.9 Å². The molecule has 0 aliphatic heterocycles. The van der Waals surface area contributed by atoms with Gasteiger partial charge in [0.15, 0.2) is 0 Å². The number of carboxylic acids is 1. The summed E-state index contributed by atoms with van der Waals surface area (Å²) in [4.78, 5) is 25.1. The molecule has 0 aliphatic rings. The molecule has 0 aliphatic carbocycles. The Balaban J connectivity index is 1.91. The molecule has 0 saturated carbocycles. The summed E-state index contributed by atoms with van der Waals surface area (Å²) in [5, 5.41) is 22.0. The lowest BCUT2D eigenvalue weighted by atomic mass is 9.90. The van der Waals surface area contributed by atoms with Crippen LogP contribution in [0.1, 0.15) is 32.6 Å². The summed E-state index contributed by atoms with van der Waals surface area (Å²) >= 11 is 0. The molecule has 0 spiro atoms. The standard InChI is InChI=1S/C27H24N2O3/c1-19-10-13-23(14-11-19)26(30)29-25(15-12-20-6-3-2-4-7-20)24(27(31)32)17-21-8-5-9-22(16-21)18-28/h2-16,24-25H,17H2,1H3,(H,29,30)(H,31,32)/b15-12+/t24-,25-/m1/s1. The van der Waals surface area contributed by atoms with Crippen LogP contribution in [-0.2, 0) is 11.2 Å². The molecule has 0 saturated heterocycles. The molecule has 5 heteroatoms. The highest BCUT2D eigenvalue weighted by Gasteiger charge is 2.28. The van der Waals surface area contributed by atoms with E-state index in [4.69, 9.17) is 5.26 Å². The van der Waals surface area contributed by atoms with Gasteiger partial charge in [-0.05, 0) is 48.7 Å². The lowest BCUT2D eigenvalue weighted by Crippen LogP contribution is -2.43. The quantitative estimate of drug-likeness (QED) is 0.552. The number of hydrogen-bond acceptors (Lipinski definition) is 3. The number of carbonyl (C=O) groups excluding carboxylic acids is 1. The van der Waals surface area contributed by atoms with Crippen molar-refractivity contribution in [1.29, 1.82) is 5.26 Å². The molecular weight excluding hydrogens is 400 g/mol. The summed E-state index contributed by atoms with van der Waals surface area (Å²) in [6, 6.07) is 24.8. The summed E-state index contributed by atoms with van der Waals surface area (Å²) < 4.78 is 0. The molecule has 0 aromatic heterocycles. The predicted octanol–water partition coefficient (Wildman–Crippen LogP) is 4.62. The third kappa shape index (κ3) is 6.16. The van der Waals surface area contributed by atoms with Crippen LogP contribution in [0.5, 0.6) is 0 Å². The number of nitriles is 1. The number of carboxylic acid groups (broad SMARTS) is 1. The maximum absolute atomic E-state index is 12.9. The van der Waals surface area contributed by atoms with E-state index in [9.17, 15) is 14.7 Å². The highest BCUT2D eigenvalue weighted by Crippen LogP contribution is 2.18. The average molecular weight is 425 g/mol. The molecule has 0 unspecified atom stereocenters. The van der Waals surface area contributed by atoms with Crippen molar-refractivity contribution in [2.24, 2.45) is 5.92 Å². The monoisotopic (exact) mass is 424 g/mol. The van der Waals surface area contributed by atoms with E-state index >= 15 is 0 Å². The van der Waals surface area contributed by atoms with Gasteiger partial charge in [-0.1, -0.05) is 72.3 Å². The van der Waals surface area contributed by atoms with Crippen molar-refractivity contribution in [3.8, 4) is 6.07 Å². The SMILES string of the molecule is Cc1ccc(C(=O)N[C@H](/C=C/c2ccccc2)[C@@H](Cc2cccc(C#N)c2)C(=O)O)cc1. The first-order chi connectivity index (χ1) is 15.5. The first-order valence-corrected chi connectivity index (χ1v) is 10.3. The van der Waals surface area contributed by atoms with Gasteiger partial charge < -0.3 is 10.4 Å². The van der Waals surface area contributed by atoms with Crippen molar-refractivity contribution in [2.75, 3.05) is 0 Å². The Hall–Kier alpha value is -4.17. The van der Waals surface area contributed by atoms with Gasteiger partial charge in [0.2, 0.25) is 0 Å². The molecule has 2 atom stereocenters. The summed E-state index contributed by atoms with van der Waals surface area (Å²) in [6.45, 7) is 1.93. The van der Waals surface area contributed by atoms with E-state index in [2.05, 4.69) is 11.4 Å². The summed E-state index contributed by atoms with van der Waals surface area (Å²) in [6.07, 6.45) is 3.69. The van der Waals surface area contributed by atoms with Gasteiger partial charge in [-0.3, -0.25) is 9.59 Å². The first kappa shape index (κ1) is 22.5. The molecular formula is C27H24N2O3. The van der Waals surface area contributed by atoms with Gasteiger partial charge in [-0.25, -0.2) is 0 Å². The summed E-state index contributed by atoms with van der Waals surface area (Å²) in [5.41, 5.74) is 3.58. The van der Waals surface area contributed by atoms with Crippen molar-refractivity contribution in [1.82, 2.24) is 5.32 Å². The van der Waals surface area contributed by atoms with E-state index in [0.717, 1.165) is 16.7 Å². The van der Waals surface area contributed by atoms with E-state index in [1.165, 1.54) is 0 Å². The van der Waals surface area contributed by atoms with Crippen LogP contribution >= 0.6 is 0 Å². The van der Waals surface area contributed by atoms with Gasteiger partial charge in [-0.2, -0.15) is 5.26 Å². The highest BCUT2D eigenvalue weighted by molar-refractivity contribution is 5.95. The van der Waals surface area contributed by atoms with Crippen molar-refractivity contribution in [2.45, 2.75) is 19.4 Å². The van der Waals surface area contributed by atoms with Gasteiger partial charge in [0.1, 0.15) is 0 Å². The van der Waals surface area contributed by atoms with Crippen LogP contribution in [0.3, 0.4) is 0 Å². The third-order valence-electron chi connectivity index (χ3n) is 5.17. The molecule has 3 aromatic rings. The molecule has 160 valence electrons. The predicted molar refractivity (Wildman–Crippen MR) is 124 cm³/mol. The van der Waals surface area contributed by atoms with Gasteiger partial charge in [-0.15, -0.1) is 0 Å². The Labute approximate surface area is 187 Å². The van der Waals surface area contributed by atoms with E-state index in [1.807, 2.05) is 55.5 Å². The number of amides is 1. The lowest BCUT2D eigenvalue weighted by molar-refractivity contribution is -0.142. The number of nitrogens with zero attached hydrogens (tertiary/aromatic N) is 1. The Morgan fingerprint density at radius 1 is 1.03 bits per heavy atom. The summed E-state index contributed by atoms with van der Waals surface area (Å²) in [7, 11) is 0. The number of hydrogen-bond donors (Lipinski definition) is 2. The van der Waals surface area contributed by atoms with Crippen molar-refractivity contribution >= 4 is 18.0 Å². The second-order valence-electron chi connectivity index (χ2n) is 7.60. The van der Waals surface area contributed by atoms with E-state index in [0.29, 0.717) is 11.1 Å². The molecule has 3 rings (SSSR count). The van der Waals surface area contributed by atoms with Gasteiger partial charge >= 0.3 is 5.97 Å². The Morgan fingerprint density at radius 2 is 1.75 bits per heavy atom. The Bertz CT molecular complexity index is 1150. The minimum Gasteiger partial charge on any atom is -0.481 e. The molecule has 2 N–H and O–H groups in total. The van der Waals surface area contributed by atoms with Crippen molar-refractivity contribution in [3.05, 3.63) is 113 Å². The molecule has 0 radical (unpaired) electrons. The number of aryl methyl sites for hydroxylation is 1. The number of carbonyl (C=O) groups is 2. The van der Waals surface area contributed by atoms with Crippen LogP contribution in [0.4, 0.5) is 0 Å². The van der Waals surface area contributed by atoms with Crippen LogP contribution in [0.2, 0.25) is 0 Å². The van der Waals surface area contributed by atoms with Crippen molar-refractivity contribution in [3.63, 3.8) is 0 Å². The topological polar surface area (TPSA) is 90.2 Å². The normalized spacial score (nSPS) is 12.6. The van der Waals surface area contributed by atoms with E-state index in [-0.39, 0.29) is 12.3 Å². The van der Waals surface area contributed by atoms with Crippen LogP contribution in [0, 0.1) is 24.2 Å². The number of rotatable bonds is 8. The number of benzene rings is 3. The second kappa shape index (κ2) is 10.7. The zero-order valence-corrected chi connectivity index (χ0v) is 17.7. The third-order valence-corrected chi connectivity index (χ3v) is 5.17. The largest absolute Gasteiger partial charge is 0.481 e. The molecule has 0 bridgehead atoms. The second-order valence-corrected chi connectivity index (χ2v) is 7.60. The fourth-order valence-corrected chi connectivity index (χ4v) is 3.39. The zero-order valence-electron chi connectivity index (χ0n) is 17.7. The molecule has 32 heavy (non-hydrogen) atoms. The van der Waals surface area contributed by atoms with Crippen molar-refractivity contribution < 1.29 is 14.7 Å². The average Bonchev–Trinajstić information content (AvgIpc) is 2.81. The summed E-state index contributed by atoms with van der Waals surface area (Å²) in [5.74, 6) is -2.29. The fraction of sp³-hybridized carbons (Fsp3) is 0.148. The van der Waals surface area contributed by atoms with Crippen LogP contribution in [0.15, 0.2) is 84.9 Å². The molecule has 5 nitrogen and oxygen atoms in total. The molecule has 0 heterocycles. The maximum atomic E-state index is 12.9. The van der Waals surface area contributed by atoms with Gasteiger partial charge in [0.25, 0.3) is 5.91 Å². The van der Waals surface area contributed by atoms with E-state index in [1.54, 1.807) is 42.5 Å². The molecule has 3 aromatic carbocycles. The van der Waals surface area contributed by atoms with Crippen LogP contribution in [-0.4, -0.2) is 23.0 Å². The smallest absolute Gasteiger partial charge is 0.309 e. The fourth-order valence-electron chi connectivity index (χ4n) is 3.39. The maximum Gasteiger partial charge on any atom is 0.309 e. The van der Waals surface area contributed by atoms with Gasteiger partial charge in [0.05, 0.1) is 23.6 Å². The highest BCUT2D eigenvalue weighted by atomic mass is 16.4. The minimum absolute atomic E-state index is 0.169. The lowest BCUT2D eigenvalue weighted by Gasteiger charge is -2.23. The Kier molecular flexibility index (Phi) is 7.55. The van der Waals surface area contributed by atoms with Crippen LogP contribution in [0.25, 0.3) is 6.08 Å². The Morgan fingerprint density at radius 3 is 2.41 bits per heavy atom. The number of nitrogens with one attached hydrogen (secondary N) is 1. The molecule has 0 fully saturated rings. The van der Waals surface area contributed by atoms with Crippen LogP contribution < -0.4 is 5.32 Å². The molecule has 1 amide bonds.